The minimum Gasteiger partial charge on any atom is -0.490 e. The Hall–Kier alpha value is -2.54. The van der Waals surface area contributed by atoms with Gasteiger partial charge < -0.3 is 4.74 Å². The molecule has 3 rings (SSSR count). The molecule has 0 aromatic heterocycles. The van der Waals surface area contributed by atoms with Crippen LogP contribution in [0, 0.1) is 6.92 Å². The predicted molar refractivity (Wildman–Crippen MR) is 141 cm³/mol. The number of carbonyl (C=O) groups is 3. The fourth-order valence-corrected chi connectivity index (χ4v) is 4.52. The average Bonchev–Trinajstić information content (AvgIpc) is 2.80. The fourth-order valence-electron chi connectivity index (χ4n) is 3.74. The van der Waals surface area contributed by atoms with Crippen molar-refractivity contribution < 1.29 is 19.1 Å². The zero-order chi connectivity index (χ0) is 25.5. The molecule has 2 aromatic rings. The molecule has 9 heteroatoms. The maximum Gasteiger partial charge on any atom is 0.335 e. The Morgan fingerprint density at radius 2 is 1.60 bits per heavy atom. The molecule has 0 spiro atoms. The van der Waals surface area contributed by atoms with E-state index in [2.05, 4.69) is 12.2 Å². The van der Waals surface area contributed by atoms with Gasteiger partial charge in [0.25, 0.3) is 11.8 Å². The fraction of sp³-hybridized carbons (Fsp3) is 0.346. The number of amides is 4. The molecule has 4 amide bonds. The van der Waals surface area contributed by atoms with E-state index in [1.807, 2.05) is 0 Å². The van der Waals surface area contributed by atoms with Gasteiger partial charge in [-0.15, -0.1) is 0 Å². The zero-order valence-corrected chi connectivity index (χ0v) is 21.9. The number of carbonyl (C=O) groups excluding carboxylic acids is 3. The van der Waals surface area contributed by atoms with Crippen LogP contribution in [0.1, 0.15) is 56.6 Å². The van der Waals surface area contributed by atoms with Gasteiger partial charge >= 0.3 is 6.03 Å². The highest BCUT2D eigenvalue weighted by Gasteiger charge is 2.37. The highest BCUT2D eigenvalue weighted by atomic mass is 35.5. The van der Waals surface area contributed by atoms with Gasteiger partial charge in [-0.05, 0) is 54.8 Å². The molecule has 0 unspecified atom stereocenters. The minimum atomic E-state index is -0.850. The first-order chi connectivity index (χ1) is 16.7. The number of anilines is 1. The van der Waals surface area contributed by atoms with Crippen molar-refractivity contribution in [1.82, 2.24) is 5.32 Å². The van der Waals surface area contributed by atoms with E-state index in [9.17, 15) is 14.4 Å². The van der Waals surface area contributed by atoms with Crippen molar-refractivity contribution in [2.45, 2.75) is 52.4 Å². The Morgan fingerprint density at radius 3 is 2.29 bits per heavy atom. The van der Waals surface area contributed by atoms with Crippen LogP contribution >= 0.6 is 34.8 Å². The standard InChI is InChI=1S/C26H27Cl3N2O4/c1-3-4-5-6-7-8-12-35-23-20(28)14-17(15-21(23)29)13-18-24(32)30-26(34)31(25(18)33)22-11-9-10-19(27)16(22)2/h9-11,13-15H,3-8,12H2,1-2H3,(H,30,32,34)/b18-13-. The van der Waals surface area contributed by atoms with Crippen LogP contribution in [0.2, 0.25) is 15.1 Å². The van der Waals surface area contributed by atoms with E-state index in [0.717, 1.165) is 24.2 Å². The third-order valence-electron chi connectivity index (χ3n) is 5.66. The van der Waals surface area contributed by atoms with Gasteiger partial charge in [0.2, 0.25) is 0 Å². The van der Waals surface area contributed by atoms with Crippen LogP contribution in [0.4, 0.5) is 10.5 Å². The molecule has 1 fully saturated rings. The third-order valence-corrected chi connectivity index (χ3v) is 6.63. The lowest BCUT2D eigenvalue weighted by Gasteiger charge is -2.27. The molecule has 1 heterocycles. The minimum absolute atomic E-state index is 0.239. The van der Waals surface area contributed by atoms with Crippen molar-refractivity contribution in [3.8, 4) is 5.75 Å². The van der Waals surface area contributed by atoms with Crippen LogP contribution < -0.4 is 15.0 Å². The number of halogens is 3. The van der Waals surface area contributed by atoms with Crippen molar-refractivity contribution in [2.24, 2.45) is 0 Å². The molecule has 0 aliphatic carbocycles. The number of ether oxygens (including phenoxy) is 1. The number of imide groups is 2. The van der Waals surface area contributed by atoms with E-state index in [0.29, 0.717) is 28.5 Å². The lowest BCUT2D eigenvalue weighted by atomic mass is 10.1. The lowest BCUT2D eigenvalue weighted by Crippen LogP contribution is -2.54. The van der Waals surface area contributed by atoms with Crippen LogP contribution in [0.5, 0.6) is 5.75 Å². The first-order valence-electron chi connectivity index (χ1n) is 11.5. The number of nitrogens with zero attached hydrogens (tertiary/aromatic N) is 1. The molecule has 35 heavy (non-hydrogen) atoms. The zero-order valence-electron chi connectivity index (χ0n) is 19.6. The normalized spacial score (nSPS) is 15.1. The highest BCUT2D eigenvalue weighted by Crippen LogP contribution is 2.36. The Bertz CT molecular complexity index is 1140. The number of unbranched alkanes of at least 4 members (excludes halogenated alkanes) is 5. The van der Waals surface area contributed by atoms with E-state index in [-0.39, 0.29) is 21.3 Å². The van der Waals surface area contributed by atoms with Gasteiger partial charge in [0, 0.05) is 5.02 Å². The molecule has 6 nitrogen and oxygen atoms in total. The molecule has 0 atom stereocenters. The molecule has 1 aliphatic heterocycles. The SMILES string of the molecule is CCCCCCCCOc1c(Cl)cc(/C=C2/C(=O)NC(=O)N(c3cccc(Cl)c3C)C2=O)cc1Cl. The van der Waals surface area contributed by atoms with Crippen molar-refractivity contribution in [2.75, 3.05) is 11.5 Å². The summed E-state index contributed by atoms with van der Waals surface area (Å²) in [5.74, 6) is -1.24. The number of benzene rings is 2. The third kappa shape index (κ3) is 6.57. The Balaban J connectivity index is 1.78. The van der Waals surface area contributed by atoms with Crippen LogP contribution in [-0.2, 0) is 9.59 Å². The summed E-state index contributed by atoms with van der Waals surface area (Å²) in [7, 11) is 0. The first-order valence-corrected chi connectivity index (χ1v) is 12.7. The van der Waals surface area contributed by atoms with Gasteiger partial charge in [-0.1, -0.05) is 79.9 Å². The number of nitrogens with one attached hydrogen (secondary N) is 1. The molecule has 2 aromatic carbocycles. The van der Waals surface area contributed by atoms with E-state index in [4.69, 9.17) is 39.5 Å². The van der Waals surface area contributed by atoms with E-state index in [1.165, 1.54) is 25.3 Å². The predicted octanol–water partition coefficient (Wildman–Crippen LogP) is 7.36. The second-order valence-electron chi connectivity index (χ2n) is 8.27. The summed E-state index contributed by atoms with van der Waals surface area (Å²) in [4.78, 5) is 39.0. The van der Waals surface area contributed by atoms with Gasteiger partial charge in [0.15, 0.2) is 5.75 Å². The number of rotatable bonds is 10. The summed E-state index contributed by atoms with van der Waals surface area (Å²) < 4.78 is 5.78. The molecule has 0 bridgehead atoms. The largest absolute Gasteiger partial charge is 0.490 e. The summed E-state index contributed by atoms with van der Waals surface area (Å²) in [5, 5.41) is 3.11. The topological polar surface area (TPSA) is 75.7 Å². The van der Waals surface area contributed by atoms with E-state index in [1.54, 1.807) is 37.3 Å². The van der Waals surface area contributed by atoms with E-state index >= 15 is 0 Å². The van der Waals surface area contributed by atoms with Crippen LogP contribution in [0.25, 0.3) is 6.08 Å². The summed E-state index contributed by atoms with van der Waals surface area (Å²) in [5.41, 5.74) is 0.997. The van der Waals surface area contributed by atoms with Crippen molar-refractivity contribution in [3.63, 3.8) is 0 Å². The molecule has 0 saturated carbocycles. The van der Waals surface area contributed by atoms with Gasteiger partial charge in [-0.2, -0.15) is 0 Å². The van der Waals surface area contributed by atoms with Crippen molar-refractivity contribution >= 4 is 64.4 Å². The maximum absolute atomic E-state index is 13.2. The van der Waals surface area contributed by atoms with Gasteiger partial charge in [-0.3, -0.25) is 14.9 Å². The average molecular weight is 538 g/mol. The Morgan fingerprint density at radius 1 is 0.943 bits per heavy atom. The van der Waals surface area contributed by atoms with Gasteiger partial charge in [0.1, 0.15) is 5.57 Å². The quantitative estimate of drug-likeness (QED) is 0.195. The lowest BCUT2D eigenvalue weighted by molar-refractivity contribution is -0.122. The summed E-state index contributed by atoms with van der Waals surface area (Å²) >= 11 is 18.9. The van der Waals surface area contributed by atoms with Crippen molar-refractivity contribution in [3.05, 3.63) is 62.1 Å². The summed E-state index contributed by atoms with van der Waals surface area (Å²) in [6, 6.07) is 7.11. The first kappa shape index (κ1) is 27.1. The second kappa shape index (κ2) is 12.4. The highest BCUT2D eigenvalue weighted by molar-refractivity contribution is 6.40. The number of urea groups is 1. The molecule has 1 aliphatic rings. The molecular formula is C26H27Cl3N2O4. The molecular weight excluding hydrogens is 511 g/mol. The Labute approximate surface area is 220 Å². The Kier molecular flexibility index (Phi) is 9.61. The van der Waals surface area contributed by atoms with Gasteiger partial charge in [0.05, 0.1) is 22.3 Å². The number of hydrogen-bond acceptors (Lipinski definition) is 4. The molecule has 1 N–H and O–H groups in total. The van der Waals surface area contributed by atoms with Crippen molar-refractivity contribution in [1.29, 1.82) is 0 Å². The van der Waals surface area contributed by atoms with Crippen LogP contribution in [0.3, 0.4) is 0 Å². The number of barbiturate groups is 1. The number of hydrogen-bond donors (Lipinski definition) is 1. The summed E-state index contributed by atoms with van der Waals surface area (Å²) in [6.45, 7) is 4.35. The molecule has 1 saturated heterocycles. The molecule has 0 radical (unpaired) electrons. The van der Waals surface area contributed by atoms with E-state index < -0.39 is 17.8 Å². The van der Waals surface area contributed by atoms with Crippen LogP contribution in [0.15, 0.2) is 35.9 Å². The smallest absolute Gasteiger partial charge is 0.335 e. The van der Waals surface area contributed by atoms with Gasteiger partial charge in [-0.25, -0.2) is 9.69 Å². The second-order valence-corrected chi connectivity index (χ2v) is 9.49. The maximum atomic E-state index is 13.2. The van der Waals surface area contributed by atoms with Crippen LogP contribution in [-0.4, -0.2) is 24.5 Å². The molecule has 186 valence electrons. The monoisotopic (exact) mass is 536 g/mol. The summed E-state index contributed by atoms with van der Waals surface area (Å²) in [6.07, 6.45) is 8.11.